The van der Waals surface area contributed by atoms with E-state index in [0.29, 0.717) is 5.56 Å². The van der Waals surface area contributed by atoms with Crippen LogP contribution in [0, 0.1) is 5.82 Å². The summed E-state index contributed by atoms with van der Waals surface area (Å²) in [7, 11) is 0. The lowest BCUT2D eigenvalue weighted by Crippen LogP contribution is -2.37. The summed E-state index contributed by atoms with van der Waals surface area (Å²) in [6.45, 7) is 1.75. The fourth-order valence-corrected chi connectivity index (χ4v) is 3.37. The van der Waals surface area contributed by atoms with Gasteiger partial charge in [-0.3, -0.25) is 14.2 Å². The molecular weight excluding hydrogens is 399 g/mol. The molecule has 0 aliphatic carbocycles. The van der Waals surface area contributed by atoms with E-state index < -0.39 is 11.4 Å². The van der Waals surface area contributed by atoms with Crippen LogP contribution in [0.4, 0.5) is 4.39 Å². The Balaban J connectivity index is 1.47. The van der Waals surface area contributed by atoms with Crippen LogP contribution in [0.15, 0.2) is 70.2 Å². The van der Waals surface area contributed by atoms with Crippen molar-refractivity contribution in [2.75, 3.05) is 0 Å². The van der Waals surface area contributed by atoms with E-state index >= 15 is 0 Å². The van der Waals surface area contributed by atoms with Crippen LogP contribution in [-0.4, -0.2) is 26.7 Å². The molecule has 0 spiro atoms. The molecule has 8 heteroatoms. The van der Waals surface area contributed by atoms with Gasteiger partial charge in [-0.25, -0.2) is 9.37 Å². The number of nitrogens with one attached hydrogen (secondary N) is 1. The third-order valence-corrected chi connectivity index (χ3v) is 5.01. The predicted molar refractivity (Wildman–Crippen MR) is 114 cm³/mol. The van der Waals surface area contributed by atoms with Gasteiger partial charge < -0.3 is 9.84 Å². The van der Waals surface area contributed by atoms with Crippen LogP contribution in [0.3, 0.4) is 0 Å². The summed E-state index contributed by atoms with van der Waals surface area (Å²) in [6.07, 6.45) is 2.89. The SMILES string of the molecule is CC(CCc1ccccc1)NC(=O)Cn1cnc2onc(-c3ccc(F)cc3)c2c1=O. The van der Waals surface area contributed by atoms with Crippen LogP contribution < -0.4 is 10.9 Å². The molecular formula is C23H21FN4O3. The first-order valence-corrected chi connectivity index (χ1v) is 9.95. The standard InChI is InChI=1S/C23H21FN4O3/c1-15(7-8-16-5-3-2-4-6-16)26-19(29)13-28-14-25-22-20(23(28)30)21(27-31-22)17-9-11-18(24)12-10-17/h2-6,9-12,14-15H,7-8,13H2,1H3,(H,26,29). The lowest BCUT2D eigenvalue weighted by Gasteiger charge is -2.14. The molecule has 4 aromatic rings. The number of nitrogens with zero attached hydrogens (tertiary/aromatic N) is 3. The Morgan fingerprint density at radius 1 is 1.16 bits per heavy atom. The van der Waals surface area contributed by atoms with Crippen molar-refractivity contribution >= 4 is 17.0 Å². The summed E-state index contributed by atoms with van der Waals surface area (Å²) in [5.41, 5.74) is 1.61. The maximum Gasteiger partial charge on any atom is 0.267 e. The van der Waals surface area contributed by atoms with Crippen molar-refractivity contribution < 1.29 is 13.7 Å². The number of halogens is 1. The molecule has 0 aliphatic heterocycles. The van der Waals surface area contributed by atoms with Crippen LogP contribution >= 0.6 is 0 Å². The first-order valence-electron chi connectivity index (χ1n) is 9.95. The Kier molecular flexibility index (Phi) is 5.88. The highest BCUT2D eigenvalue weighted by atomic mass is 19.1. The minimum atomic E-state index is -0.447. The number of aryl methyl sites for hydroxylation is 1. The lowest BCUT2D eigenvalue weighted by atomic mass is 10.1. The fourth-order valence-electron chi connectivity index (χ4n) is 3.37. The molecule has 0 saturated heterocycles. The summed E-state index contributed by atoms with van der Waals surface area (Å²) < 4.78 is 19.6. The highest BCUT2D eigenvalue weighted by Gasteiger charge is 2.18. The number of hydrogen-bond donors (Lipinski definition) is 1. The number of carbonyl (C=O) groups excluding carboxylic acids is 1. The van der Waals surface area contributed by atoms with Crippen LogP contribution in [-0.2, 0) is 17.8 Å². The zero-order chi connectivity index (χ0) is 21.8. The maximum absolute atomic E-state index is 13.2. The van der Waals surface area contributed by atoms with Gasteiger partial charge in [0.2, 0.25) is 5.91 Å². The molecule has 1 atom stereocenters. The predicted octanol–water partition coefficient (Wildman–Crippen LogP) is 3.33. The third-order valence-electron chi connectivity index (χ3n) is 5.01. The third kappa shape index (κ3) is 4.69. The number of carbonyl (C=O) groups is 1. The first kappa shape index (κ1) is 20.5. The topological polar surface area (TPSA) is 90.0 Å². The van der Waals surface area contributed by atoms with E-state index in [1.54, 1.807) is 0 Å². The molecule has 2 aromatic heterocycles. The van der Waals surface area contributed by atoms with Gasteiger partial charge in [0.1, 0.15) is 29.8 Å². The number of hydrogen-bond acceptors (Lipinski definition) is 5. The monoisotopic (exact) mass is 420 g/mol. The Labute approximate surface area is 177 Å². The van der Waals surface area contributed by atoms with E-state index in [0.717, 1.165) is 12.8 Å². The van der Waals surface area contributed by atoms with E-state index in [4.69, 9.17) is 4.52 Å². The van der Waals surface area contributed by atoms with E-state index in [-0.39, 0.29) is 35.3 Å². The van der Waals surface area contributed by atoms with Gasteiger partial charge in [0.15, 0.2) is 0 Å². The summed E-state index contributed by atoms with van der Waals surface area (Å²) in [4.78, 5) is 29.5. The molecule has 31 heavy (non-hydrogen) atoms. The van der Waals surface area contributed by atoms with Crippen molar-refractivity contribution in [2.45, 2.75) is 32.4 Å². The second-order valence-electron chi connectivity index (χ2n) is 7.39. The molecule has 7 nitrogen and oxygen atoms in total. The first-order chi connectivity index (χ1) is 15.0. The van der Waals surface area contributed by atoms with Gasteiger partial charge >= 0.3 is 0 Å². The molecule has 2 heterocycles. The molecule has 1 amide bonds. The van der Waals surface area contributed by atoms with Gasteiger partial charge in [-0.05, 0) is 49.6 Å². The zero-order valence-corrected chi connectivity index (χ0v) is 16.9. The number of aromatic nitrogens is 3. The van der Waals surface area contributed by atoms with Gasteiger partial charge in [-0.15, -0.1) is 0 Å². The summed E-state index contributed by atoms with van der Waals surface area (Å²) in [5, 5.41) is 6.97. The second kappa shape index (κ2) is 8.91. The van der Waals surface area contributed by atoms with Gasteiger partial charge in [0.05, 0.1) is 0 Å². The van der Waals surface area contributed by atoms with E-state index in [2.05, 4.69) is 15.5 Å². The van der Waals surface area contributed by atoms with Gasteiger partial charge in [0, 0.05) is 11.6 Å². The summed E-state index contributed by atoms with van der Waals surface area (Å²) in [5.74, 6) is -0.686. The number of amides is 1. The molecule has 158 valence electrons. The highest BCUT2D eigenvalue weighted by molar-refractivity contribution is 5.88. The summed E-state index contributed by atoms with van der Waals surface area (Å²) >= 11 is 0. The average Bonchev–Trinajstić information content (AvgIpc) is 3.20. The lowest BCUT2D eigenvalue weighted by molar-refractivity contribution is -0.122. The van der Waals surface area contributed by atoms with Gasteiger partial charge in [-0.2, -0.15) is 0 Å². The fraction of sp³-hybridized carbons (Fsp3) is 0.217. The minimum absolute atomic E-state index is 0.0505. The maximum atomic E-state index is 13.2. The van der Waals surface area contributed by atoms with Crippen molar-refractivity contribution in [3.8, 4) is 11.3 Å². The normalized spacial score (nSPS) is 12.1. The van der Waals surface area contributed by atoms with Crippen LogP contribution in [0.25, 0.3) is 22.4 Å². The van der Waals surface area contributed by atoms with Crippen molar-refractivity contribution in [1.82, 2.24) is 20.0 Å². The van der Waals surface area contributed by atoms with Crippen LogP contribution in [0.2, 0.25) is 0 Å². The van der Waals surface area contributed by atoms with Gasteiger partial charge in [-0.1, -0.05) is 35.5 Å². The molecule has 0 aliphatic rings. The van der Waals surface area contributed by atoms with E-state index in [1.165, 1.54) is 40.7 Å². The Hall–Kier alpha value is -3.81. The Bertz CT molecular complexity index is 1250. The van der Waals surface area contributed by atoms with E-state index in [1.807, 2.05) is 37.3 Å². The number of rotatable bonds is 7. The molecule has 0 fully saturated rings. The van der Waals surface area contributed by atoms with Crippen LogP contribution in [0.5, 0.6) is 0 Å². The molecule has 1 N–H and O–H groups in total. The van der Waals surface area contributed by atoms with Gasteiger partial charge in [0.25, 0.3) is 11.3 Å². The number of fused-ring (bicyclic) bond motifs is 1. The Morgan fingerprint density at radius 2 is 1.90 bits per heavy atom. The molecule has 1 unspecified atom stereocenters. The van der Waals surface area contributed by atoms with E-state index in [9.17, 15) is 14.0 Å². The highest BCUT2D eigenvalue weighted by Crippen LogP contribution is 2.24. The van der Waals surface area contributed by atoms with Crippen molar-refractivity contribution in [3.63, 3.8) is 0 Å². The smallest absolute Gasteiger partial charge is 0.267 e. The average molecular weight is 420 g/mol. The largest absolute Gasteiger partial charge is 0.352 e. The molecule has 4 rings (SSSR count). The van der Waals surface area contributed by atoms with Crippen molar-refractivity contribution in [2.24, 2.45) is 0 Å². The number of benzene rings is 2. The molecule has 0 saturated carbocycles. The van der Waals surface area contributed by atoms with Crippen molar-refractivity contribution in [1.29, 1.82) is 0 Å². The minimum Gasteiger partial charge on any atom is -0.352 e. The summed E-state index contributed by atoms with van der Waals surface area (Å²) in [6, 6.07) is 15.5. The molecule has 2 aromatic carbocycles. The second-order valence-corrected chi connectivity index (χ2v) is 7.39. The van der Waals surface area contributed by atoms with Crippen molar-refractivity contribution in [3.05, 3.63) is 82.7 Å². The molecule has 0 bridgehead atoms. The quantitative estimate of drug-likeness (QED) is 0.495. The van der Waals surface area contributed by atoms with Crippen LogP contribution in [0.1, 0.15) is 18.9 Å². The zero-order valence-electron chi connectivity index (χ0n) is 16.9. The molecule has 0 radical (unpaired) electrons. The Morgan fingerprint density at radius 3 is 2.65 bits per heavy atom.